The number of benzene rings is 4. The fourth-order valence-electron chi connectivity index (χ4n) is 4.56. The summed E-state index contributed by atoms with van der Waals surface area (Å²) in [5.41, 5.74) is 5.36. The molecule has 0 atom stereocenters. The number of rotatable bonds is 7. The van der Waals surface area contributed by atoms with Gasteiger partial charge in [0.2, 0.25) is 0 Å². The molecule has 4 aromatic carbocycles. The molecule has 0 aromatic heterocycles. The molecule has 0 heterocycles. The molecule has 0 spiro atoms. The molecule has 0 saturated heterocycles. The van der Waals surface area contributed by atoms with Gasteiger partial charge in [-0.05, 0) is 0 Å². The van der Waals surface area contributed by atoms with Crippen molar-refractivity contribution in [1.82, 2.24) is 0 Å². The summed E-state index contributed by atoms with van der Waals surface area (Å²) in [6.07, 6.45) is -1.22. The normalized spacial score (nSPS) is 10.8. The van der Waals surface area contributed by atoms with E-state index in [1.54, 1.807) is 0 Å². The number of esters is 1. The summed E-state index contributed by atoms with van der Waals surface area (Å²) in [6, 6.07) is 43.5. The van der Waals surface area contributed by atoms with Crippen molar-refractivity contribution in [3.63, 3.8) is 0 Å². The number of carbonyl (C=O) groups excluding carboxylic acids is 1. The van der Waals surface area contributed by atoms with Crippen LogP contribution in [-0.4, -0.2) is 32.6 Å². The van der Waals surface area contributed by atoms with Crippen molar-refractivity contribution in [2.24, 2.45) is 0 Å². The first-order valence-corrected chi connectivity index (χ1v) is 16.3. The molecule has 0 N–H and O–H groups in total. The third-order valence-electron chi connectivity index (χ3n) is 5.91. The molecule has 0 fully saturated rings. The molecule has 0 aliphatic heterocycles. The molecule has 174 valence electrons. The number of hydrogen-bond donors (Lipinski definition) is 0. The molecule has 0 unspecified atom stereocenters. The second kappa shape index (κ2) is 13.0. The first kappa shape index (κ1) is 25.6. The van der Waals surface area contributed by atoms with Gasteiger partial charge < -0.3 is 0 Å². The Bertz CT molecular complexity index is 954. The summed E-state index contributed by atoms with van der Waals surface area (Å²) < 4.78 is 4.74. The van der Waals surface area contributed by atoms with Crippen LogP contribution in [-0.2, 0) is 9.53 Å². The van der Waals surface area contributed by atoms with Gasteiger partial charge in [-0.15, -0.1) is 0 Å². The van der Waals surface area contributed by atoms with Crippen LogP contribution in [0, 0.1) is 0 Å². The van der Waals surface area contributed by atoms with Gasteiger partial charge >= 0.3 is 59.9 Å². The summed E-state index contributed by atoms with van der Waals surface area (Å²) in [5.74, 6) is 4.21. The minimum atomic E-state index is -1.22. The van der Waals surface area contributed by atoms with Crippen molar-refractivity contribution in [2.45, 2.75) is 23.9 Å². The van der Waals surface area contributed by atoms with E-state index in [9.17, 15) is 4.79 Å². The van der Waals surface area contributed by atoms with Crippen LogP contribution in [0.4, 0.5) is 0 Å². The smallest absolute Gasteiger partial charge is 0.108 e. The molecule has 4 rings (SSSR count). The van der Waals surface area contributed by atoms with E-state index in [0.717, 1.165) is 0 Å². The molecule has 34 heavy (non-hydrogen) atoms. The average molecular weight is 515 g/mol. The average Bonchev–Trinajstić information content (AvgIpc) is 2.87. The van der Waals surface area contributed by atoms with Crippen molar-refractivity contribution < 1.29 is 9.53 Å². The monoisotopic (exact) mass is 516 g/mol. The van der Waals surface area contributed by atoms with E-state index in [0.29, 0.717) is 11.9 Å². The maximum Gasteiger partial charge on any atom is 0.108 e. The van der Waals surface area contributed by atoms with Crippen LogP contribution >= 0.6 is 0 Å². The van der Waals surface area contributed by atoms with Gasteiger partial charge in [-0.25, -0.2) is 0 Å². The number of ether oxygens (including phenoxy) is 1. The van der Waals surface area contributed by atoms with Crippen molar-refractivity contribution in [3.8, 4) is 0 Å². The van der Waals surface area contributed by atoms with Crippen LogP contribution in [0.3, 0.4) is 0 Å². The fraction of sp³-hybridized carbons (Fsp3) is 0.167. The maximum atomic E-state index is 10.7. The van der Waals surface area contributed by atoms with Crippen LogP contribution in [0.25, 0.3) is 0 Å². The third kappa shape index (κ3) is 6.29. The standard InChI is InChI=1S/C24H20B.C6H13O2Se/c1-5-13-21(14-6-1)25(22-15-7-2-8-16-22,23-17-9-3-10-18-23)24-19-11-4-12-20-24;1-4-8-6(7)5-9(2)3/h1-20H;4-5H2,1-3H3/q-1;+1. The molecule has 0 amide bonds. The van der Waals surface area contributed by atoms with Crippen LogP contribution in [0.2, 0.25) is 17.0 Å². The van der Waals surface area contributed by atoms with Crippen LogP contribution in [0.1, 0.15) is 6.92 Å². The summed E-state index contributed by atoms with van der Waals surface area (Å²) in [5, 5.41) is 0.661. The predicted molar refractivity (Wildman–Crippen MR) is 149 cm³/mol. The van der Waals surface area contributed by atoms with Gasteiger partial charge in [0.1, 0.15) is 6.15 Å². The summed E-state index contributed by atoms with van der Waals surface area (Å²) >= 11 is -0.620. The minimum absolute atomic E-state index is 0.0347. The molecule has 0 aliphatic rings. The van der Waals surface area contributed by atoms with Crippen LogP contribution in [0.5, 0.6) is 0 Å². The Morgan fingerprint density at radius 3 is 1.15 bits per heavy atom. The van der Waals surface area contributed by atoms with Crippen molar-refractivity contribution in [2.75, 3.05) is 6.61 Å². The molecular weight excluding hydrogens is 482 g/mol. The van der Waals surface area contributed by atoms with E-state index in [-0.39, 0.29) is 5.97 Å². The molecular formula is C30H33BO2Se. The molecule has 4 aromatic rings. The molecule has 0 aliphatic carbocycles. The van der Waals surface area contributed by atoms with Gasteiger partial charge in [0, 0.05) is 0 Å². The first-order chi connectivity index (χ1) is 16.6. The van der Waals surface area contributed by atoms with Crippen molar-refractivity contribution >= 4 is 47.9 Å². The minimum Gasteiger partial charge on any atom is -0.195 e. The quantitative estimate of drug-likeness (QED) is 0.270. The van der Waals surface area contributed by atoms with Crippen molar-refractivity contribution in [1.29, 1.82) is 0 Å². The van der Waals surface area contributed by atoms with Crippen LogP contribution in [0.15, 0.2) is 121 Å². The Labute approximate surface area is 208 Å². The summed E-state index contributed by atoms with van der Waals surface area (Å²) in [6.45, 7) is 2.34. The van der Waals surface area contributed by atoms with Gasteiger partial charge in [0.25, 0.3) is 0 Å². The molecule has 0 bridgehead atoms. The van der Waals surface area contributed by atoms with E-state index in [4.69, 9.17) is 4.74 Å². The summed E-state index contributed by atoms with van der Waals surface area (Å²) in [7, 11) is 0. The van der Waals surface area contributed by atoms with Gasteiger partial charge in [-0.1, -0.05) is 121 Å². The Morgan fingerprint density at radius 2 is 0.912 bits per heavy atom. The third-order valence-corrected chi connectivity index (χ3v) is 7.62. The molecule has 0 radical (unpaired) electrons. The molecule has 4 heteroatoms. The van der Waals surface area contributed by atoms with E-state index in [1.165, 1.54) is 21.9 Å². The number of hydrogen-bond acceptors (Lipinski definition) is 2. The SMILES string of the molecule is CCOC(=O)C[Se+](C)C.c1ccc([B-](c2ccccc2)(c2ccccc2)c2ccccc2)cc1. The second-order valence-corrected chi connectivity index (χ2v) is 13.2. The number of carbonyl (C=O) groups is 1. The maximum absolute atomic E-state index is 10.7. The predicted octanol–water partition coefficient (Wildman–Crippen LogP) is 4.37. The van der Waals surface area contributed by atoms with E-state index in [2.05, 4.69) is 133 Å². The zero-order valence-corrected chi connectivity index (χ0v) is 22.0. The van der Waals surface area contributed by atoms with E-state index in [1.807, 2.05) is 6.92 Å². The zero-order chi connectivity index (χ0) is 24.2. The van der Waals surface area contributed by atoms with Crippen LogP contribution < -0.4 is 21.9 Å². The van der Waals surface area contributed by atoms with Gasteiger partial charge in [0.05, 0.1) is 0 Å². The zero-order valence-electron chi connectivity index (χ0n) is 20.3. The Morgan fingerprint density at radius 1 is 0.618 bits per heavy atom. The summed E-state index contributed by atoms with van der Waals surface area (Å²) in [4.78, 5) is 10.7. The van der Waals surface area contributed by atoms with Gasteiger partial charge in [-0.3, -0.25) is 0 Å². The second-order valence-electron chi connectivity index (χ2n) is 8.44. The topological polar surface area (TPSA) is 26.3 Å². The Balaban J connectivity index is 0.000000309. The fourth-order valence-corrected chi connectivity index (χ4v) is 5.72. The van der Waals surface area contributed by atoms with Crippen molar-refractivity contribution in [3.05, 3.63) is 121 Å². The Hall–Kier alpha value is -3.07. The first-order valence-electron chi connectivity index (χ1n) is 11.7. The van der Waals surface area contributed by atoms with E-state index >= 15 is 0 Å². The Kier molecular flexibility index (Phi) is 9.76. The van der Waals surface area contributed by atoms with Gasteiger partial charge in [0.15, 0.2) is 0 Å². The molecule has 2 nitrogen and oxygen atoms in total. The largest absolute Gasteiger partial charge is 0.195 e. The van der Waals surface area contributed by atoms with E-state index < -0.39 is 20.0 Å². The van der Waals surface area contributed by atoms with Gasteiger partial charge in [-0.2, -0.15) is 21.9 Å². The molecule has 0 saturated carbocycles.